The van der Waals surface area contributed by atoms with Crippen molar-refractivity contribution in [3.8, 4) is 11.5 Å². The van der Waals surface area contributed by atoms with E-state index >= 15 is 0 Å². The van der Waals surface area contributed by atoms with E-state index < -0.39 is 0 Å². The highest BCUT2D eigenvalue weighted by Crippen LogP contribution is 2.34. The van der Waals surface area contributed by atoms with E-state index in [1.807, 2.05) is 26.1 Å². The molecule has 1 aromatic rings. The number of ketones is 1. The van der Waals surface area contributed by atoms with E-state index in [9.17, 15) is 4.79 Å². The Morgan fingerprint density at radius 2 is 1.84 bits per heavy atom. The van der Waals surface area contributed by atoms with Crippen molar-refractivity contribution in [3.05, 3.63) is 23.3 Å². The van der Waals surface area contributed by atoms with E-state index in [1.54, 1.807) is 21.1 Å². The molecule has 1 unspecified atom stereocenters. The normalized spacial score (nSPS) is 12.1. The highest BCUT2D eigenvalue weighted by atomic mass is 16.5. The number of hydrogen-bond donors (Lipinski definition) is 1. The van der Waals surface area contributed by atoms with Gasteiger partial charge in [0.1, 0.15) is 5.78 Å². The summed E-state index contributed by atoms with van der Waals surface area (Å²) in [6.07, 6.45) is 1.35. The van der Waals surface area contributed by atoms with E-state index in [4.69, 9.17) is 9.47 Å². The summed E-state index contributed by atoms with van der Waals surface area (Å²) >= 11 is 0. The Morgan fingerprint density at radius 3 is 2.32 bits per heavy atom. The smallest absolute Gasteiger partial charge is 0.161 e. The molecule has 0 amide bonds. The Labute approximate surface area is 115 Å². The van der Waals surface area contributed by atoms with E-state index in [0.29, 0.717) is 12.2 Å². The molecule has 4 heteroatoms. The van der Waals surface area contributed by atoms with Crippen molar-refractivity contribution in [2.75, 3.05) is 21.3 Å². The molecule has 106 valence electrons. The summed E-state index contributed by atoms with van der Waals surface area (Å²) < 4.78 is 10.6. The number of carbonyl (C=O) groups excluding carboxylic acids is 1. The molecular weight excluding hydrogens is 242 g/mol. The Bertz CT molecular complexity index is 443. The van der Waals surface area contributed by atoms with E-state index in [2.05, 4.69) is 5.32 Å². The van der Waals surface area contributed by atoms with Crippen molar-refractivity contribution in [3.63, 3.8) is 0 Å². The third kappa shape index (κ3) is 3.96. The Kier molecular flexibility index (Phi) is 5.83. The first-order valence-electron chi connectivity index (χ1n) is 6.42. The molecule has 0 aliphatic heterocycles. The van der Waals surface area contributed by atoms with Gasteiger partial charge in [-0.3, -0.25) is 0 Å². The van der Waals surface area contributed by atoms with E-state index in [0.717, 1.165) is 23.3 Å². The third-order valence-electron chi connectivity index (χ3n) is 3.28. The molecule has 19 heavy (non-hydrogen) atoms. The number of rotatable bonds is 7. The zero-order valence-electron chi connectivity index (χ0n) is 12.4. The minimum absolute atomic E-state index is 0.142. The van der Waals surface area contributed by atoms with Crippen molar-refractivity contribution in [2.24, 2.45) is 0 Å². The summed E-state index contributed by atoms with van der Waals surface area (Å²) in [4.78, 5) is 11.1. The van der Waals surface area contributed by atoms with Crippen LogP contribution in [0.2, 0.25) is 0 Å². The molecule has 1 atom stereocenters. The van der Waals surface area contributed by atoms with Crippen LogP contribution in [-0.4, -0.2) is 27.1 Å². The lowest BCUT2D eigenvalue weighted by Gasteiger charge is -2.20. The second-order valence-electron chi connectivity index (χ2n) is 4.65. The van der Waals surface area contributed by atoms with Gasteiger partial charge in [-0.1, -0.05) is 0 Å². The number of methoxy groups -OCH3 is 2. The number of benzene rings is 1. The fourth-order valence-electron chi connectivity index (χ4n) is 2.17. The van der Waals surface area contributed by atoms with Gasteiger partial charge in [0.05, 0.1) is 14.2 Å². The second-order valence-corrected chi connectivity index (χ2v) is 4.65. The maximum atomic E-state index is 11.1. The maximum absolute atomic E-state index is 11.1. The van der Waals surface area contributed by atoms with Crippen molar-refractivity contribution >= 4 is 5.78 Å². The van der Waals surface area contributed by atoms with E-state index in [1.165, 1.54) is 0 Å². The molecule has 0 radical (unpaired) electrons. The Hall–Kier alpha value is -1.55. The molecule has 0 heterocycles. The first-order chi connectivity index (χ1) is 9.03. The number of carbonyl (C=O) groups is 1. The Morgan fingerprint density at radius 1 is 1.26 bits per heavy atom. The summed E-state index contributed by atoms with van der Waals surface area (Å²) in [5.74, 6) is 1.65. The van der Waals surface area contributed by atoms with Gasteiger partial charge in [0, 0.05) is 12.5 Å². The van der Waals surface area contributed by atoms with Crippen LogP contribution in [0.15, 0.2) is 12.1 Å². The lowest BCUT2D eigenvalue weighted by Crippen LogP contribution is -2.18. The zero-order valence-corrected chi connectivity index (χ0v) is 12.4. The van der Waals surface area contributed by atoms with Crippen LogP contribution in [0, 0.1) is 6.92 Å². The zero-order chi connectivity index (χ0) is 14.4. The molecule has 1 N–H and O–H groups in total. The molecule has 0 saturated heterocycles. The molecule has 0 aliphatic carbocycles. The molecule has 1 aromatic carbocycles. The summed E-state index contributed by atoms with van der Waals surface area (Å²) in [7, 11) is 5.16. The van der Waals surface area contributed by atoms with Crippen LogP contribution in [0.25, 0.3) is 0 Å². The number of Topliss-reactive ketones (excluding diaryl/α,β-unsaturated/α-hetero) is 1. The minimum atomic E-state index is 0.142. The topological polar surface area (TPSA) is 47.6 Å². The van der Waals surface area contributed by atoms with Gasteiger partial charge in [-0.15, -0.1) is 0 Å². The number of hydrogen-bond acceptors (Lipinski definition) is 4. The number of ether oxygens (including phenoxy) is 2. The first-order valence-corrected chi connectivity index (χ1v) is 6.42. The van der Waals surface area contributed by atoms with Crippen LogP contribution in [-0.2, 0) is 4.79 Å². The minimum Gasteiger partial charge on any atom is -0.493 e. The van der Waals surface area contributed by atoms with Gasteiger partial charge in [-0.25, -0.2) is 0 Å². The third-order valence-corrected chi connectivity index (χ3v) is 3.28. The quantitative estimate of drug-likeness (QED) is 0.823. The van der Waals surface area contributed by atoms with Gasteiger partial charge in [0.2, 0.25) is 0 Å². The molecule has 0 aromatic heterocycles. The molecular formula is C15H23NO3. The highest BCUT2D eigenvalue weighted by molar-refractivity contribution is 5.75. The van der Waals surface area contributed by atoms with Gasteiger partial charge < -0.3 is 19.6 Å². The predicted octanol–water partition coefficient (Wildman–Crippen LogP) is 2.64. The van der Waals surface area contributed by atoms with Gasteiger partial charge >= 0.3 is 0 Å². The predicted molar refractivity (Wildman–Crippen MR) is 76.0 cm³/mol. The summed E-state index contributed by atoms with van der Waals surface area (Å²) in [5.41, 5.74) is 2.27. The molecule has 4 nitrogen and oxygen atoms in total. The average Bonchev–Trinajstić information content (AvgIpc) is 2.40. The van der Waals surface area contributed by atoms with Crippen LogP contribution >= 0.6 is 0 Å². The summed E-state index contributed by atoms with van der Waals surface area (Å²) in [6.45, 7) is 3.66. The van der Waals surface area contributed by atoms with Crippen molar-refractivity contribution in [2.45, 2.75) is 32.7 Å². The fourth-order valence-corrected chi connectivity index (χ4v) is 2.17. The monoisotopic (exact) mass is 265 g/mol. The van der Waals surface area contributed by atoms with Crippen LogP contribution < -0.4 is 14.8 Å². The number of nitrogens with one attached hydrogen (secondary N) is 1. The largest absolute Gasteiger partial charge is 0.493 e. The molecule has 0 spiro atoms. The molecule has 0 saturated carbocycles. The lowest BCUT2D eigenvalue weighted by molar-refractivity contribution is -0.117. The molecule has 0 bridgehead atoms. The Balaban J connectivity index is 3.05. The van der Waals surface area contributed by atoms with Gasteiger partial charge in [0.25, 0.3) is 0 Å². The SMILES string of the molecule is CNC(CCC(C)=O)c1cc(OC)c(OC)cc1C. The summed E-state index contributed by atoms with van der Waals surface area (Å²) in [5, 5.41) is 3.25. The average molecular weight is 265 g/mol. The first kappa shape index (κ1) is 15.5. The van der Waals surface area contributed by atoms with Crippen molar-refractivity contribution in [1.29, 1.82) is 0 Å². The number of aryl methyl sites for hydroxylation is 1. The maximum Gasteiger partial charge on any atom is 0.161 e. The lowest BCUT2D eigenvalue weighted by atomic mass is 9.96. The second kappa shape index (κ2) is 7.14. The van der Waals surface area contributed by atoms with Crippen LogP contribution in [0.3, 0.4) is 0 Å². The van der Waals surface area contributed by atoms with Crippen LogP contribution in [0.4, 0.5) is 0 Å². The molecule has 0 aliphatic rings. The highest BCUT2D eigenvalue weighted by Gasteiger charge is 2.16. The van der Waals surface area contributed by atoms with Gasteiger partial charge in [-0.2, -0.15) is 0 Å². The summed E-state index contributed by atoms with van der Waals surface area (Å²) in [6, 6.07) is 4.09. The fraction of sp³-hybridized carbons (Fsp3) is 0.533. The van der Waals surface area contributed by atoms with Crippen molar-refractivity contribution in [1.82, 2.24) is 5.32 Å². The van der Waals surface area contributed by atoms with Gasteiger partial charge in [-0.05, 0) is 50.6 Å². The molecule has 1 rings (SSSR count). The van der Waals surface area contributed by atoms with Crippen LogP contribution in [0.1, 0.15) is 36.9 Å². The van der Waals surface area contributed by atoms with Gasteiger partial charge in [0.15, 0.2) is 11.5 Å². The van der Waals surface area contributed by atoms with Crippen LogP contribution in [0.5, 0.6) is 11.5 Å². The standard InChI is InChI=1S/C15H23NO3/c1-10-8-14(18-4)15(19-5)9-12(10)13(16-3)7-6-11(2)17/h8-9,13,16H,6-7H2,1-5H3. The van der Waals surface area contributed by atoms with Crippen molar-refractivity contribution < 1.29 is 14.3 Å². The van der Waals surface area contributed by atoms with E-state index in [-0.39, 0.29) is 11.8 Å². The molecule has 0 fully saturated rings.